The van der Waals surface area contributed by atoms with E-state index in [4.69, 9.17) is 14.6 Å². The predicted octanol–water partition coefficient (Wildman–Crippen LogP) is 1.77. The van der Waals surface area contributed by atoms with Gasteiger partial charge in [-0.05, 0) is 18.6 Å². The fourth-order valence-electron chi connectivity index (χ4n) is 1.69. The monoisotopic (exact) mass is 253 g/mol. The first-order chi connectivity index (χ1) is 8.60. The molecule has 0 aromatic heterocycles. The summed E-state index contributed by atoms with van der Waals surface area (Å²) in [6.45, 7) is 2.82. The third-order valence-corrected chi connectivity index (χ3v) is 2.70. The van der Waals surface area contributed by atoms with Crippen LogP contribution in [0.25, 0.3) is 0 Å². The van der Waals surface area contributed by atoms with Crippen molar-refractivity contribution in [3.05, 3.63) is 29.3 Å². The minimum absolute atomic E-state index is 0.115. The fraction of sp³-hybridized carbons (Fsp3) is 0.462. The number of nitrogens with one attached hydrogen (secondary N) is 1. The van der Waals surface area contributed by atoms with E-state index in [1.807, 2.05) is 13.0 Å². The molecule has 0 radical (unpaired) electrons. The van der Waals surface area contributed by atoms with Crippen LogP contribution in [0.1, 0.15) is 15.9 Å². The van der Waals surface area contributed by atoms with Crippen LogP contribution < -0.4 is 5.32 Å². The van der Waals surface area contributed by atoms with E-state index in [0.29, 0.717) is 18.8 Å². The number of hydrogen-bond donors (Lipinski definition) is 2. The van der Waals surface area contributed by atoms with Gasteiger partial charge in [-0.3, -0.25) is 0 Å². The molecule has 0 amide bonds. The summed E-state index contributed by atoms with van der Waals surface area (Å²) in [5, 5.41) is 12.2. The SMILES string of the molecule is COCC(CNc1c(C)cccc1C(=O)O)OC. The number of carboxylic acid groups (broad SMARTS) is 1. The van der Waals surface area contributed by atoms with E-state index in [-0.39, 0.29) is 11.7 Å². The van der Waals surface area contributed by atoms with Crippen molar-refractivity contribution in [3.8, 4) is 0 Å². The van der Waals surface area contributed by atoms with Crippen molar-refractivity contribution >= 4 is 11.7 Å². The van der Waals surface area contributed by atoms with Crippen LogP contribution in [0.4, 0.5) is 5.69 Å². The summed E-state index contributed by atoms with van der Waals surface area (Å²) in [7, 11) is 3.20. The number of anilines is 1. The maximum Gasteiger partial charge on any atom is 0.337 e. The number of carboxylic acids is 1. The lowest BCUT2D eigenvalue weighted by Crippen LogP contribution is -2.27. The lowest BCUT2D eigenvalue weighted by Gasteiger charge is -2.18. The van der Waals surface area contributed by atoms with E-state index in [2.05, 4.69) is 5.32 Å². The Labute approximate surface area is 107 Å². The molecule has 1 rings (SSSR count). The number of methoxy groups -OCH3 is 2. The van der Waals surface area contributed by atoms with Crippen LogP contribution in [0.3, 0.4) is 0 Å². The maximum absolute atomic E-state index is 11.1. The van der Waals surface area contributed by atoms with Crippen LogP contribution in [0.15, 0.2) is 18.2 Å². The molecule has 1 aromatic carbocycles. The zero-order valence-corrected chi connectivity index (χ0v) is 10.9. The Hall–Kier alpha value is -1.59. The molecule has 100 valence electrons. The first-order valence-electron chi connectivity index (χ1n) is 5.68. The van der Waals surface area contributed by atoms with Gasteiger partial charge in [0.1, 0.15) is 0 Å². The molecule has 1 aromatic rings. The van der Waals surface area contributed by atoms with E-state index >= 15 is 0 Å². The number of benzene rings is 1. The Morgan fingerprint density at radius 1 is 1.44 bits per heavy atom. The molecule has 0 aliphatic carbocycles. The molecule has 1 atom stereocenters. The summed E-state index contributed by atoms with van der Waals surface area (Å²) in [5.74, 6) is -0.943. The Morgan fingerprint density at radius 3 is 2.72 bits per heavy atom. The molecule has 0 heterocycles. The third kappa shape index (κ3) is 3.72. The molecular formula is C13H19NO4. The minimum Gasteiger partial charge on any atom is -0.478 e. The van der Waals surface area contributed by atoms with Crippen molar-refractivity contribution in [2.75, 3.05) is 32.7 Å². The number of carbonyl (C=O) groups is 1. The second-order valence-corrected chi connectivity index (χ2v) is 4.00. The second-order valence-electron chi connectivity index (χ2n) is 4.00. The Balaban J connectivity index is 2.80. The topological polar surface area (TPSA) is 67.8 Å². The molecule has 0 bridgehead atoms. The zero-order valence-electron chi connectivity index (χ0n) is 10.9. The van der Waals surface area contributed by atoms with Gasteiger partial charge in [0.2, 0.25) is 0 Å². The second kappa shape index (κ2) is 6.98. The molecule has 5 nitrogen and oxygen atoms in total. The molecule has 0 aliphatic heterocycles. The predicted molar refractivity (Wildman–Crippen MR) is 69.3 cm³/mol. The van der Waals surface area contributed by atoms with Gasteiger partial charge < -0.3 is 19.9 Å². The smallest absolute Gasteiger partial charge is 0.337 e. The van der Waals surface area contributed by atoms with Crippen molar-refractivity contribution in [2.24, 2.45) is 0 Å². The summed E-state index contributed by atoms with van der Waals surface area (Å²) < 4.78 is 10.2. The molecule has 0 saturated heterocycles. The number of ether oxygens (including phenoxy) is 2. The zero-order chi connectivity index (χ0) is 13.5. The Morgan fingerprint density at radius 2 is 2.17 bits per heavy atom. The minimum atomic E-state index is -0.943. The van der Waals surface area contributed by atoms with Gasteiger partial charge in [0, 0.05) is 20.8 Å². The lowest BCUT2D eigenvalue weighted by molar-refractivity contribution is 0.0365. The number of aromatic carboxylic acids is 1. The first kappa shape index (κ1) is 14.5. The summed E-state index contributed by atoms with van der Waals surface area (Å²) in [6, 6.07) is 5.18. The van der Waals surface area contributed by atoms with Gasteiger partial charge in [-0.15, -0.1) is 0 Å². The highest BCUT2D eigenvalue weighted by molar-refractivity contribution is 5.95. The average molecular weight is 253 g/mol. The van der Waals surface area contributed by atoms with Gasteiger partial charge in [0.25, 0.3) is 0 Å². The average Bonchev–Trinajstić information content (AvgIpc) is 2.35. The molecule has 1 unspecified atom stereocenters. The maximum atomic E-state index is 11.1. The van der Waals surface area contributed by atoms with Crippen LogP contribution in [0.2, 0.25) is 0 Å². The van der Waals surface area contributed by atoms with Crippen molar-refractivity contribution in [1.82, 2.24) is 0 Å². The van der Waals surface area contributed by atoms with Crippen molar-refractivity contribution < 1.29 is 19.4 Å². The number of rotatable bonds is 7. The normalized spacial score (nSPS) is 12.2. The van der Waals surface area contributed by atoms with E-state index in [0.717, 1.165) is 5.56 Å². The van der Waals surface area contributed by atoms with Crippen LogP contribution in [0, 0.1) is 6.92 Å². The Bertz CT molecular complexity index is 406. The molecule has 0 spiro atoms. The van der Waals surface area contributed by atoms with Gasteiger partial charge in [-0.25, -0.2) is 4.79 Å². The number of aryl methyl sites for hydroxylation is 1. The highest BCUT2D eigenvalue weighted by Crippen LogP contribution is 2.20. The Kier molecular flexibility index (Phi) is 5.61. The van der Waals surface area contributed by atoms with Gasteiger partial charge in [-0.2, -0.15) is 0 Å². The van der Waals surface area contributed by atoms with Crippen molar-refractivity contribution in [3.63, 3.8) is 0 Å². The van der Waals surface area contributed by atoms with E-state index < -0.39 is 5.97 Å². The van der Waals surface area contributed by atoms with Gasteiger partial charge >= 0.3 is 5.97 Å². The molecule has 0 saturated carbocycles. The highest BCUT2D eigenvalue weighted by Gasteiger charge is 2.13. The fourth-order valence-corrected chi connectivity index (χ4v) is 1.69. The van der Waals surface area contributed by atoms with Crippen molar-refractivity contribution in [2.45, 2.75) is 13.0 Å². The third-order valence-electron chi connectivity index (χ3n) is 2.70. The molecular weight excluding hydrogens is 234 g/mol. The summed E-state index contributed by atoms with van der Waals surface area (Å²) in [5.41, 5.74) is 1.78. The molecule has 0 aliphatic rings. The van der Waals surface area contributed by atoms with Crippen LogP contribution in [-0.2, 0) is 9.47 Å². The molecule has 5 heteroatoms. The van der Waals surface area contributed by atoms with Crippen LogP contribution >= 0.6 is 0 Å². The summed E-state index contributed by atoms with van der Waals surface area (Å²) in [6.07, 6.45) is -0.115. The molecule has 18 heavy (non-hydrogen) atoms. The lowest BCUT2D eigenvalue weighted by atomic mass is 10.1. The van der Waals surface area contributed by atoms with E-state index in [9.17, 15) is 4.79 Å². The summed E-state index contributed by atoms with van der Waals surface area (Å²) >= 11 is 0. The number of hydrogen-bond acceptors (Lipinski definition) is 4. The molecule has 2 N–H and O–H groups in total. The van der Waals surface area contributed by atoms with Crippen molar-refractivity contribution in [1.29, 1.82) is 0 Å². The highest BCUT2D eigenvalue weighted by atomic mass is 16.5. The molecule has 0 fully saturated rings. The van der Waals surface area contributed by atoms with Crippen LogP contribution in [0.5, 0.6) is 0 Å². The number of para-hydroxylation sites is 1. The van der Waals surface area contributed by atoms with E-state index in [1.54, 1.807) is 26.4 Å². The quantitative estimate of drug-likeness (QED) is 0.775. The van der Waals surface area contributed by atoms with Crippen LogP contribution in [-0.4, -0.2) is 44.6 Å². The largest absolute Gasteiger partial charge is 0.478 e. The van der Waals surface area contributed by atoms with Gasteiger partial charge in [0.15, 0.2) is 0 Å². The summed E-state index contributed by atoms with van der Waals surface area (Å²) in [4.78, 5) is 11.1. The van der Waals surface area contributed by atoms with Gasteiger partial charge in [0.05, 0.1) is 24.0 Å². The standard InChI is InChI=1S/C13H19NO4/c1-9-5-4-6-11(13(15)16)12(9)14-7-10(18-3)8-17-2/h4-6,10,14H,7-8H2,1-3H3,(H,15,16). The van der Waals surface area contributed by atoms with E-state index in [1.165, 1.54) is 0 Å². The first-order valence-corrected chi connectivity index (χ1v) is 5.68. The van der Waals surface area contributed by atoms with Gasteiger partial charge in [-0.1, -0.05) is 12.1 Å².